The highest BCUT2D eigenvalue weighted by Crippen LogP contribution is 2.29. The molecule has 1 aromatic heterocycles. The van der Waals surface area contributed by atoms with E-state index in [1.807, 2.05) is 6.92 Å². The Labute approximate surface area is 117 Å². The number of rotatable bonds is 2. The molecule has 2 unspecified atom stereocenters. The summed E-state index contributed by atoms with van der Waals surface area (Å²) in [5.41, 5.74) is 1.65. The van der Waals surface area contributed by atoms with Crippen molar-refractivity contribution < 1.29 is 4.42 Å². The Balaban J connectivity index is 2.11. The smallest absolute Gasteiger partial charge is 0.105 e. The average molecular weight is 264 g/mol. The first-order valence-electron chi connectivity index (χ1n) is 7.33. The maximum absolute atomic E-state index is 5.68. The van der Waals surface area contributed by atoms with Crippen LogP contribution in [-0.4, -0.2) is 30.6 Å². The van der Waals surface area contributed by atoms with Crippen LogP contribution in [0.5, 0.6) is 0 Å². The van der Waals surface area contributed by atoms with E-state index < -0.39 is 0 Å². The van der Waals surface area contributed by atoms with Gasteiger partial charge in [0.25, 0.3) is 0 Å². The fraction of sp³-hybridized carbons (Fsp3) is 0.750. The number of aryl methyl sites for hydroxylation is 2. The third-order valence-corrected chi connectivity index (χ3v) is 4.33. The Morgan fingerprint density at radius 3 is 2.58 bits per heavy atom. The van der Waals surface area contributed by atoms with Gasteiger partial charge in [-0.1, -0.05) is 20.8 Å². The van der Waals surface area contributed by atoms with Crippen molar-refractivity contribution in [1.82, 2.24) is 10.2 Å². The highest BCUT2D eigenvalue weighted by Gasteiger charge is 2.32. The zero-order valence-electron chi connectivity index (χ0n) is 13.2. The SMILES string of the molecule is Cc1cc(C(C)N2CCNC(C(C)(C)C)C2)c(C)o1. The molecule has 0 aliphatic carbocycles. The molecule has 0 saturated carbocycles. The lowest BCUT2D eigenvalue weighted by molar-refractivity contribution is 0.103. The minimum Gasteiger partial charge on any atom is -0.466 e. The van der Waals surface area contributed by atoms with Gasteiger partial charge in [-0.05, 0) is 32.3 Å². The van der Waals surface area contributed by atoms with Gasteiger partial charge in [0.15, 0.2) is 0 Å². The molecule has 1 fully saturated rings. The van der Waals surface area contributed by atoms with Crippen molar-refractivity contribution in [2.24, 2.45) is 5.41 Å². The van der Waals surface area contributed by atoms with Crippen LogP contribution >= 0.6 is 0 Å². The third-order valence-electron chi connectivity index (χ3n) is 4.33. The second-order valence-corrected chi connectivity index (χ2v) is 6.91. The van der Waals surface area contributed by atoms with Crippen LogP contribution in [0.15, 0.2) is 10.5 Å². The van der Waals surface area contributed by atoms with Gasteiger partial charge >= 0.3 is 0 Å². The molecule has 108 valence electrons. The average Bonchev–Trinajstić information content (AvgIpc) is 2.66. The molecule has 3 heteroatoms. The van der Waals surface area contributed by atoms with Gasteiger partial charge < -0.3 is 9.73 Å². The monoisotopic (exact) mass is 264 g/mol. The highest BCUT2D eigenvalue weighted by atomic mass is 16.3. The van der Waals surface area contributed by atoms with E-state index in [1.54, 1.807) is 0 Å². The summed E-state index contributed by atoms with van der Waals surface area (Å²) >= 11 is 0. The lowest BCUT2D eigenvalue weighted by atomic mass is 9.85. The third kappa shape index (κ3) is 3.21. The van der Waals surface area contributed by atoms with Gasteiger partial charge in [0.1, 0.15) is 11.5 Å². The van der Waals surface area contributed by atoms with Crippen molar-refractivity contribution in [3.05, 3.63) is 23.2 Å². The Morgan fingerprint density at radius 2 is 2.05 bits per heavy atom. The summed E-state index contributed by atoms with van der Waals surface area (Å²) in [4.78, 5) is 2.57. The van der Waals surface area contributed by atoms with Gasteiger partial charge in [0, 0.05) is 37.3 Å². The molecule has 1 aliphatic heterocycles. The summed E-state index contributed by atoms with van der Waals surface area (Å²) in [5.74, 6) is 2.08. The molecule has 1 N–H and O–H groups in total. The largest absolute Gasteiger partial charge is 0.466 e. The van der Waals surface area contributed by atoms with Gasteiger partial charge in [0.05, 0.1) is 0 Å². The number of nitrogens with one attached hydrogen (secondary N) is 1. The van der Waals surface area contributed by atoms with Gasteiger partial charge in [-0.2, -0.15) is 0 Å². The normalized spacial score (nSPS) is 23.6. The summed E-state index contributed by atoms with van der Waals surface area (Å²) in [6, 6.07) is 3.18. The first-order valence-corrected chi connectivity index (χ1v) is 7.33. The van der Waals surface area contributed by atoms with Crippen molar-refractivity contribution in [3.8, 4) is 0 Å². The van der Waals surface area contributed by atoms with Crippen LogP contribution in [-0.2, 0) is 0 Å². The Hall–Kier alpha value is -0.800. The van der Waals surface area contributed by atoms with E-state index in [0.29, 0.717) is 17.5 Å². The highest BCUT2D eigenvalue weighted by molar-refractivity contribution is 5.23. The second-order valence-electron chi connectivity index (χ2n) is 6.91. The first-order chi connectivity index (χ1) is 8.79. The molecule has 0 radical (unpaired) electrons. The lowest BCUT2D eigenvalue weighted by Gasteiger charge is -2.42. The molecular formula is C16H28N2O. The van der Waals surface area contributed by atoms with Crippen LogP contribution in [0, 0.1) is 19.3 Å². The van der Waals surface area contributed by atoms with Crippen LogP contribution in [0.2, 0.25) is 0 Å². The van der Waals surface area contributed by atoms with Gasteiger partial charge in [-0.15, -0.1) is 0 Å². The zero-order valence-corrected chi connectivity index (χ0v) is 13.2. The van der Waals surface area contributed by atoms with Crippen LogP contribution < -0.4 is 5.32 Å². The minimum atomic E-state index is 0.305. The molecule has 2 atom stereocenters. The van der Waals surface area contributed by atoms with Crippen molar-refractivity contribution in [2.45, 2.75) is 53.6 Å². The van der Waals surface area contributed by atoms with E-state index in [0.717, 1.165) is 31.2 Å². The Bertz CT molecular complexity index is 430. The Kier molecular flexibility index (Phi) is 4.07. The fourth-order valence-corrected chi connectivity index (χ4v) is 2.97. The number of furan rings is 1. The van der Waals surface area contributed by atoms with E-state index in [9.17, 15) is 0 Å². The van der Waals surface area contributed by atoms with Gasteiger partial charge in [-0.25, -0.2) is 0 Å². The maximum atomic E-state index is 5.68. The topological polar surface area (TPSA) is 28.4 Å². The number of hydrogen-bond donors (Lipinski definition) is 1. The second kappa shape index (κ2) is 5.29. The summed E-state index contributed by atoms with van der Waals surface area (Å²) in [6.07, 6.45) is 0. The summed E-state index contributed by atoms with van der Waals surface area (Å²) in [6.45, 7) is 16.6. The maximum Gasteiger partial charge on any atom is 0.105 e. The van der Waals surface area contributed by atoms with Crippen LogP contribution in [0.3, 0.4) is 0 Å². The zero-order chi connectivity index (χ0) is 14.2. The van der Waals surface area contributed by atoms with E-state index in [-0.39, 0.29) is 0 Å². The Morgan fingerprint density at radius 1 is 1.37 bits per heavy atom. The van der Waals surface area contributed by atoms with E-state index in [1.165, 1.54) is 5.56 Å². The minimum absolute atomic E-state index is 0.305. The van der Waals surface area contributed by atoms with Crippen LogP contribution in [0.4, 0.5) is 0 Å². The predicted octanol–water partition coefficient (Wildman–Crippen LogP) is 3.28. The van der Waals surface area contributed by atoms with Gasteiger partial charge in [0.2, 0.25) is 0 Å². The standard InChI is InChI=1S/C16H28N2O/c1-11-9-14(13(3)19-11)12(2)18-8-7-17-15(10-18)16(4,5)6/h9,12,15,17H,7-8,10H2,1-6H3. The number of nitrogens with zero attached hydrogens (tertiary/aromatic N) is 1. The number of piperazine rings is 1. The molecular weight excluding hydrogens is 236 g/mol. The molecule has 1 saturated heterocycles. The molecule has 0 aromatic carbocycles. The van der Waals surface area contributed by atoms with Gasteiger partial charge in [-0.3, -0.25) is 4.90 Å². The van der Waals surface area contributed by atoms with E-state index >= 15 is 0 Å². The van der Waals surface area contributed by atoms with Crippen LogP contribution in [0.1, 0.15) is 50.8 Å². The summed E-state index contributed by atoms with van der Waals surface area (Å²) < 4.78 is 5.68. The molecule has 3 nitrogen and oxygen atoms in total. The number of hydrogen-bond acceptors (Lipinski definition) is 3. The van der Waals surface area contributed by atoms with E-state index in [4.69, 9.17) is 4.42 Å². The molecule has 2 heterocycles. The molecule has 0 amide bonds. The fourth-order valence-electron chi connectivity index (χ4n) is 2.97. The molecule has 19 heavy (non-hydrogen) atoms. The molecule has 1 aliphatic rings. The predicted molar refractivity (Wildman–Crippen MR) is 79.4 cm³/mol. The molecule has 2 rings (SSSR count). The quantitative estimate of drug-likeness (QED) is 0.888. The van der Waals surface area contributed by atoms with Crippen molar-refractivity contribution in [2.75, 3.05) is 19.6 Å². The lowest BCUT2D eigenvalue weighted by Crippen LogP contribution is -2.56. The van der Waals surface area contributed by atoms with Crippen molar-refractivity contribution in [3.63, 3.8) is 0 Å². The summed E-state index contributed by atoms with van der Waals surface area (Å²) in [5, 5.41) is 3.65. The summed E-state index contributed by atoms with van der Waals surface area (Å²) in [7, 11) is 0. The van der Waals surface area contributed by atoms with Crippen molar-refractivity contribution >= 4 is 0 Å². The molecule has 0 spiro atoms. The molecule has 1 aromatic rings. The molecule has 0 bridgehead atoms. The van der Waals surface area contributed by atoms with E-state index in [2.05, 4.69) is 50.9 Å². The first kappa shape index (κ1) is 14.6. The van der Waals surface area contributed by atoms with Crippen LogP contribution in [0.25, 0.3) is 0 Å². The van der Waals surface area contributed by atoms with Crippen molar-refractivity contribution in [1.29, 1.82) is 0 Å².